The average molecular weight is 572 g/mol. The van der Waals surface area contributed by atoms with E-state index in [0.29, 0.717) is 67.4 Å². The van der Waals surface area contributed by atoms with Crippen LogP contribution in [0.5, 0.6) is 5.75 Å². The Morgan fingerprint density at radius 3 is 2.62 bits per heavy atom. The number of hydrogen-bond donors (Lipinski definition) is 1. The number of fused-ring (bicyclic) bond motifs is 5. The number of rotatable bonds is 8. The highest BCUT2D eigenvalue weighted by Crippen LogP contribution is 2.36. The van der Waals surface area contributed by atoms with E-state index >= 15 is 0 Å². The van der Waals surface area contributed by atoms with Crippen molar-refractivity contribution in [2.24, 2.45) is 5.92 Å². The number of amides is 2. The SMILES string of the molecule is COc1ccc(-c2oc3c(=O)cc(C)oc3c2CC(=O)NCCCC(=O)N2C[C@H]3C[C@@H](C2)c2cccc(=O)n2C3)cc1. The molecule has 10 heteroatoms. The minimum absolute atomic E-state index is 0.0227. The smallest absolute Gasteiger partial charge is 0.250 e. The van der Waals surface area contributed by atoms with Crippen LogP contribution in [0.1, 0.15) is 42.2 Å². The third-order valence-corrected chi connectivity index (χ3v) is 8.19. The number of methoxy groups -OCH3 is 1. The Kier molecular flexibility index (Phi) is 7.45. The molecule has 5 heterocycles. The fraction of sp³-hybridized carbons (Fsp3) is 0.375. The summed E-state index contributed by atoms with van der Waals surface area (Å²) < 4.78 is 18.9. The molecule has 3 aromatic heterocycles. The number of benzene rings is 1. The molecule has 2 atom stereocenters. The first-order valence-corrected chi connectivity index (χ1v) is 14.3. The van der Waals surface area contributed by atoms with Gasteiger partial charge in [0.1, 0.15) is 17.3 Å². The van der Waals surface area contributed by atoms with Gasteiger partial charge in [0.25, 0.3) is 5.56 Å². The van der Waals surface area contributed by atoms with Crippen molar-refractivity contribution in [3.05, 3.63) is 86.1 Å². The second-order valence-electron chi connectivity index (χ2n) is 11.1. The van der Waals surface area contributed by atoms with Crippen molar-refractivity contribution in [2.75, 3.05) is 26.7 Å². The molecule has 42 heavy (non-hydrogen) atoms. The van der Waals surface area contributed by atoms with Crippen molar-refractivity contribution in [1.29, 1.82) is 0 Å². The largest absolute Gasteiger partial charge is 0.497 e. The van der Waals surface area contributed by atoms with Crippen LogP contribution in [-0.2, 0) is 22.6 Å². The predicted octanol–water partition coefficient (Wildman–Crippen LogP) is 3.62. The van der Waals surface area contributed by atoms with Crippen LogP contribution >= 0.6 is 0 Å². The summed E-state index contributed by atoms with van der Waals surface area (Å²) in [5.74, 6) is 1.72. The molecule has 218 valence electrons. The highest BCUT2D eigenvalue weighted by Gasteiger charge is 2.36. The molecular weight excluding hydrogens is 538 g/mol. The second-order valence-corrected chi connectivity index (χ2v) is 11.1. The average Bonchev–Trinajstić information content (AvgIpc) is 3.33. The van der Waals surface area contributed by atoms with Crippen LogP contribution in [0.4, 0.5) is 0 Å². The molecule has 1 fully saturated rings. The number of likely N-dealkylation sites (tertiary alicyclic amines) is 1. The molecule has 1 N–H and O–H groups in total. The standard InChI is InChI=1S/C32H33N3O7/c1-19-13-26(36)32-31(41-19)24(30(42-32)21-8-10-23(40-2)11-9-21)15-27(37)33-12-4-7-28(38)34-16-20-14-22(18-34)25-5-3-6-29(39)35(25)17-20/h3,5-6,8-11,13,20,22H,4,7,12,14-18H2,1-2H3,(H,33,37)/t20-,22+/m1/s1. The Balaban J connectivity index is 1.08. The van der Waals surface area contributed by atoms with E-state index in [4.69, 9.17) is 13.6 Å². The van der Waals surface area contributed by atoms with Crippen molar-refractivity contribution in [1.82, 2.24) is 14.8 Å². The number of carbonyl (C=O) groups is 2. The Morgan fingerprint density at radius 2 is 1.83 bits per heavy atom. The Labute approximate surface area is 241 Å². The van der Waals surface area contributed by atoms with Crippen molar-refractivity contribution in [3.63, 3.8) is 0 Å². The number of hydrogen-bond acceptors (Lipinski definition) is 7. The zero-order valence-corrected chi connectivity index (χ0v) is 23.7. The summed E-state index contributed by atoms with van der Waals surface area (Å²) in [6, 6.07) is 13.9. The van der Waals surface area contributed by atoms with Crippen LogP contribution in [-0.4, -0.2) is 48.0 Å². The summed E-state index contributed by atoms with van der Waals surface area (Å²) in [6.45, 7) is 3.91. The molecule has 0 saturated carbocycles. The van der Waals surface area contributed by atoms with Crippen LogP contribution < -0.4 is 21.0 Å². The molecule has 6 rings (SSSR count). The van der Waals surface area contributed by atoms with Gasteiger partial charge < -0.3 is 28.4 Å². The first kappa shape index (κ1) is 27.6. The normalized spacial score (nSPS) is 17.6. The van der Waals surface area contributed by atoms with Crippen LogP contribution in [0.3, 0.4) is 0 Å². The monoisotopic (exact) mass is 571 g/mol. The van der Waals surface area contributed by atoms with Gasteiger partial charge in [-0.1, -0.05) is 6.07 Å². The number of ether oxygens (including phenoxy) is 1. The van der Waals surface area contributed by atoms with Gasteiger partial charge in [0.15, 0.2) is 5.58 Å². The molecule has 2 aliphatic heterocycles. The van der Waals surface area contributed by atoms with Crippen LogP contribution in [0, 0.1) is 12.8 Å². The topological polar surface area (TPSA) is 124 Å². The van der Waals surface area contributed by atoms with Gasteiger partial charge in [-0.05, 0) is 56.0 Å². The zero-order valence-electron chi connectivity index (χ0n) is 23.7. The molecule has 0 unspecified atom stereocenters. The van der Waals surface area contributed by atoms with Crippen LogP contribution in [0.15, 0.2) is 67.0 Å². The Bertz CT molecular complexity index is 1770. The Hall–Kier alpha value is -4.60. The number of furan rings is 1. The van der Waals surface area contributed by atoms with Gasteiger partial charge in [0, 0.05) is 61.9 Å². The zero-order chi connectivity index (χ0) is 29.4. The van der Waals surface area contributed by atoms with Gasteiger partial charge in [-0.25, -0.2) is 0 Å². The highest BCUT2D eigenvalue weighted by molar-refractivity contribution is 5.90. The molecule has 0 spiro atoms. The third kappa shape index (κ3) is 5.36. The summed E-state index contributed by atoms with van der Waals surface area (Å²) >= 11 is 0. The molecule has 0 aliphatic carbocycles. The quantitative estimate of drug-likeness (QED) is 0.321. The predicted molar refractivity (Wildman–Crippen MR) is 156 cm³/mol. The maximum Gasteiger partial charge on any atom is 0.250 e. The molecule has 2 bridgehead atoms. The summed E-state index contributed by atoms with van der Waals surface area (Å²) in [5, 5.41) is 2.90. The molecule has 2 amide bonds. The fourth-order valence-electron chi connectivity index (χ4n) is 6.25. The number of nitrogens with zero attached hydrogens (tertiary/aromatic N) is 2. The number of nitrogens with one attached hydrogen (secondary N) is 1. The van der Waals surface area contributed by atoms with Crippen LogP contribution in [0.25, 0.3) is 22.5 Å². The summed E-state index contributed by atoms with van der Waals surface area (Å²) in [4.78, 5) is 52.8. The van der Waals surface area contributed by atoms with Crippen molar-refractivity contribution in [2.45, 2.75) is 45.1 Å². The van der Waals surface area contributed by atoms with E-state index in [2.05, 4.69) is 5.32 Å². The Morgan fingerprint density at radius 1 is 1.02 bits per heavy atom. The minimum atomic E-state index is -0.314. The van der Waals surface area contributed by atoms with E-state index in [1.165, 1.54) is 6.07 Å². The van der Waals surface area contributed by atoms with E-state index in [1.807, 2.05) is 15.5 Å². The van der Waals surface area contributed by atoms with E-state index in [-0.39, 0.29) is 52.2 Å². The summed E-state index contributed by atoms with van der Waals surface area (Å²) in [7, 11) is 1.57. The molecule has 10 nitrogen and oxygen atoms in total. The van der Waals surface area contributed by atoms with E-state index in [0.717, 1.165) is 12.1 Å². The van der Waals surface area contributed by atoms with E-state index in [9.17, 15) is 19.2 Å². The van der Waals surface area contributed by atoms with Gasteiger partial charge in [0.2, 0.25) is 22.8 Å². The van der Waals surface area contributed by atoms with Gasteiger partial charge in [-0.2, -0.15) is 0 Å². The third-order valence-electron chi connectivity index (χ3n) is 8.19. The summed E-state index contributed by atoms with van der Waals surface area (Å²) in [6.07, 6.45) is 1.76. The molecule has 1 saturated heterocycles. The van der Waals surface area contributed by atoms with Gasteiger partial charge in [0.05, 0.1) is 19.1 Å². The lowest BCUT2D eigenvalue weighted by atomic mass is 9.83. The number of aryl methyl sites for hydroxylation is 1. The maximum atomic E-state index is 13.0. The molecule has 4 aromatic rings. The van der Waals surface area contributed by atoms with Crippen molar-refractivity contribution in [3.8, 4) is 17.1 Å². The lowest BCUT2D eigenvalue weighted by molar-refractivity contribution is -0.134. The second kappa shape index (κ2) is 11.3. The maximum absolute atomic E-state index is 13.0. The molecule has 0 radical (unpaired) electrons. The molecular formula is C32H33N3O7. The van der Waals surface area contributed by atoms with Crippen LogP contribution in [0.2, 0.25) is 0 Å². The van der Waals surface area contributed by atoms with E-state index in [1.54, 1.807) is 50.4 Å². The molecule has 2 aliphatic rings. The lowest BCUT2D eigenvalue weighted by Gasteiger charge is -2.42. The number of carbonyl (C=O) groups excluding carboxylic acids is 2. The van der Waals surface area contributed by atoms with Gasteiger partial charge in [-0.3, -0.25) is 19.2 Å². The first-order valence-electron chi connectivity index (χ1n) is 14.3. The minimum Gasteiger partial charge on any atom is -0.497 e. The van der Waals surface area contributed by atoms with Crippen molar-refractivity contribution < 1.29 is 23.2 Å². The molecule has 1 aromatic carbocycles. The highest BCUT2D eigenvalue weighted by atomic mass is 16.5. The van der Waals surface area contributed by atoms with Crippen molar-refractivity contribution >= 4 is 23.0 Å². The van der Waals surface area contributed by atoms with E-state index < -0.39 is 0 Å². The summed E-state index contributed by atoms with van der Waals surface area (Å²) in [5.41, 5.74) is 2.22. The number of aromatic nitrogens is 1. The lowest BCUT2D eigenvalue weighted by Crippen LogP contribution is -2.49. The van der Waals surface area contributed by atoms with Gasteiger partial charge >= 0.3 is 0 Å². The van der Waals surface area contributed by atoms with Gasteiger partial charge in [-0.15, -0.1) is 0 Å². The number of pyridine rings is 1. The fourth-order valence-corrected chi connectivity index (χ4v) is 6.25. The first-order chi connectivity index (χ1) is 20.3. The number of piperidine rings is 1.